The van der Waals surface area contributed by atoms with Crippen molar-refractivity contribution in [1.82, 2.24) is 9.80 Å². The zero-order chi connectivity index (χ0) is 12.4. The van der Waals surface area contributed by atoms with Crippen LogP contribution >= 0.6 is 0 Å². The first-order chi connectivity index (χ1) is 8.13. The second-order valence-electron chi connectivity index (χ2n) is 5.73. The Kier molecular flexibility index (Phi) is 3.92. The smallest absolute Gasteiger partial charge is 0.320 e. The van der Waals surface area contributed by atoms with E-state index in [9.17, 15) is 4.79 Å². The van der Waals surface area contributed by atoms with E-state index in [1.165, 1.54) is 19.3 Å². The fourth-order valence-electron chi connectivity index (χ4n) is 2.88. The van der Waals surface area contributed by atoms with Crippen LogP contribution in [0.2, 0.25) is 0 Å². The summed E-state index contributed by atoms with van der Waals surface area (Å²) in [6, 6.07) is 0.429. The van der Waals surface area contributed by atoms with Crippen LogP contribution in [0.5, 0.6) is 0 Å². The third kappa shape index (κ3) is 2.92. The second kappa shape index (κ2) is 5.25. The second-order valence-corrected chi connectivity index (χ2v) is 5.73. The van der Waals surface area contributed by atoms with Crippen molar-refractivity contribution < 1.29 is 4.79 Å². The molecule has 2 atom stereocenters. The number of nitrogens with two attached hydrogens (primary N) is 1. The van der Waals surface area contributed by atoms with Gasteiger partial charge in [0.25, 0.3) is 0 Å². The van der Waals surface area contributed by atoms with E-state index in [-0.39, 0.29) is 12.1 Å². The molecule has 2 aliphatic rings. The van der Waals surface area contributed by atoms with Gasteiger partial charge >= 0.3 is 6.03 Å². The molecule has 0 aromatic carbocycles. The van der Waals surface area contributed by atoms with Gasteiger partial charge < -0.3 is 15.5 Å². The minimum Gasteiger partial charge on any atom is -0.328 e. The predicted octanol–water partition coefficient (Wildman–Crippen LogP) is 1.51. The minimum atomic E-state index is 0.180. The number of likely N-dealkylation sites (tertiary alicyclic amines) is 1. The molecule has 0 aromatic rings. The summed E-state index contributed by atoms with van der Waals surface area (Å²) in [6.45, 7) is 4.64. The Balaban J connectivity index is 1.93. The van der Waals surface area contributed by atoms with Crippen LogP contribution in [0, 0.1) is 11.8 Å². The van der Waals surface area contributed by atoms with Crippen LogP contribution in [0.1, 0.15) is 32.6 Å². The van der Waals surface area contributed by atoms with E-state index >= 15 is 0 Å². The molecule has 4 nitrogen and oxygen atoms in total. The highest BCUT2D eigenvalue weighted by Crippen LogP contribution is 2.35. The molecule has 17 heavy (non-hydrogen) atoms. The number of hydrogen-bond donors (Lipinski definition) is 1. The molecule has 2 rings (SSSR count). The van der Waals surface area contributed by atoms with Gasteiger partial charge in [0.2, 0.25) is 0 Å². The molecule has 1 aliphatic carbocycles. The van der Waals surface area contributed by atoms with Crippen molar-refractivity contribution in [2.24, 2.45) is 17.6 Å². The molecule has 0 aromatic heterocycles. The minimum absolute atomic E-state index is 0.180. The molecular formula is C13H25N3O. The highest BCUT2D eigenvalue weighted by molar-refractivity contribution is 5.74. The number of carbonyl (C=O) groups excluding carboxylic acids is 1. The predicted molar refractivity (Wildman–Crippen MR) is 68.7 cm³/mol. The normalized spacial score (nSPS) is 26.8. The SMILES string of the molecule is CC1CCCN(C(=O)N(C)C(CN)C2CC2)C1. The molecule has 1 saturated carbocycles. The number of rotatable bonds is 3. The first-order valence-corrected chi connectivity index (χ1v) is 6.85. The summed E-state index contributed by atoms with van der Waals surface area (Å²) in [5.74, 6) is 1.29. The van der Waals surface area contributed by atoms with Gasteiger partial charge in [-0.2, -0.15) is 0 Å². The highest BCUT2D eigenvalue weighted by atomic mass is 16.2. The van der Waals surface area contributed by atoms with Gasteiger partial charge in [0, 0.05) is 32.7 Å². The van der Waals surface area contributed by atoms with E-state index in [0.29, 0.717) is 18.4 Å². The van der Waals surface area contributed by atoms with Crippen molar-refractivity contribution in [3.63, 3.8) is 0 Å². The molecule has 0 spiro atoms. The van der Waals surface area contributed by atoms with Gasteiger partial charge in [-0.05, 0) is 37.5 Å². The maximum atomic E-state index is 12.4. The van der Waals surface area contributed by atoms with Crippen molar-refractivity contribution in [2.75, 3.05) is 26.7 Å². The van der Waals surface area contributed by atoms with Crippen LogP contribution in [0.4, 0.5) is 4.79 Å². The van der Waals surface area contributed by atoms with Crippen molar-refractivity contribution >= 4 is 6.03 Å². The molecule has 4 heteroatoms. The third-order valence-electron chi connectivity index (χ3n) is 4.13. The Morgan fingerprint density at radius 3 is 2.71 bits per heavy atom. The number of piperidine rings is 1. The summed E-state index contributed by atoms with van der Waals surface area (Å²) in [7, 11) is 1.91. The maximum absolute atomic E-state index is 12.4. The summed E-state index contributed by atoms with van der Waals surface area (Å²) >= 11 is 0. The molecule has 2 amide bonds. The van der Waals surface area contributed by atoms with E-state index in [2.05, 4.69) is 6.92 Å². The van der Waals surface area contributed by atoms with Crippen LogP contribution in [-0.4, -0.2) is 48.6 Å². The monoisotopic (exact) mass is 239 g/mol. The number of urea groups is 1. The van der Waals surface area contributed by atoms with E-state index in [4.69, 9.17) is 5.73 Å². The lowest BCUT2D eigenvalue weighted by Crippen LogP contribution is -2.51. The first kappa shape index (κ1) is 12.7. The van der Waals surface area contributed by atoms with Crippen molar-refractivity contribution in [3.05, 3.63) is 0 Å². The molecule has 1 saturated heterocycles. The van der Waals surface area contributed by atoms with Gasteiger partial charge in [0.15, 0.2) is 0 Å². The van der Waals surface area contributed by atoms with Gasteiger partial charge in [0.1, 0.15) is 0 Å². The van der Waals surface area contributed by atoms with Crippen molar-refractivity contribution in [1.29, 1.82) is 0 Å². The largest absolute Gasteiger partial charge is 0.328 e. The quantitative estimate of drug-likeness (QED) is 0.811. The maximum Gasteiger partial charge on any atom is 0.320 e. The average Bonchev–Trinajstić information content (AvgIpc) is 3.13. The lowest BCUT2D eigenvalue weighted by Gasteiger charge is -2.37. The lowest BCUT2D eigenvalue weighted by molar-refractivity contribution is 0.122. The van der Waals surface area contributed by atoms with Crippen LogP contribution in [0.25, 0.3) is 0 Å². The highest BCUT2D eigenvalue weighted by Gasteiger charge is 2.36. The molecule has 2 N–H and O–H groups in total. The molecule has 2 fully saturated rings. The first-order valence-electron chi connectivity index (χ1n) is 6.85. The summed E-state index contributed by atoms with van der Waals surface area (Å²) in [5.41, 5.74) is 5.80. The van der Waals surface area contributed by atoms with Crippen LogP contribution in [0.3, 0.4) is 0 Å². The standard InChI is InChI=1S/C13H25N3O/c1-10-4-3-7-16(9-10)13(17)15(2)12(8-14)11-5-6-11/h10-12H,3-9,14H2,1-2H3. The summed E-state index contributed by atoms with van der Waals surface area (Å²) in [5, 5.41) is 0. The molecule has 1 aliphatic heterocycles. The van der Waals surface area contributed by atoms with Gasteiger partial charge in [-0.25, -0.2) is 4.79 Å². The summed E-state index contributed by atoms with van der Waals surface area (Å²) < 4.78 is 0. The molecule has 0 bridgehead atoms. The summed E-state index contributed by atoms with van der Waals surface area (Å²) in [4.78, 5) is 16.3. The van der Waals surface area contributed by atoms with Gasteiger partial charge in [-0.1, -0.05) is 6.92 Å². The number of amides is 2. The number of likely N-dealkylation sites (N-methyl/N-ethyl adjacent to an activating group) is 1. The molecule has 0 radical (unpaired) electrons. The van der Waals surface area contributed by atoms with Crippen LogP contribution < -0.4 is 5.73 Å². The van der Waals surface area contributed by atoms with Crippen molar-refractivity contribution in [2.45, 2.75) is 38.6 Å². The Morgan fingerprint density at radius 2 is 2.18 bits per heavy atom. The Hall–Kier alpha value is -0.770. The van der Waals surface area contributed by atoms with Gasteiger partial charge in [0.05, 0.1) is 0 Å². The molecule has 2 unspecified atom stereocenters. The van der Waals surface area contributed by atoms with Crippen molar-refractivity contribution in [3.8, 4) is 0 Å². The Labute approximate surface area is 104 Å². The van der Waals surface area contributed by atoms with E-state index in [0.717, 1.165) is 19.5 Å². The van der Waals surface area contributed by atoms with E-state index in [1.807, 2.05) is 16.8 Å². The Morgan fingerprint density at radius 1 is 1.47 bits per heavy atom. The fraction of sp³-hybridized carbons (Fsp3) is 0.923. The fourth-order valence-corrected chi connectivity index (χ4v) is 2.88. The number of nitrogens with zero attached hydrogens (tertiary/aromatic N) is 2. The molecule has 98 valence electrons. The van der Waals surface area contributed by atoms with E-state index in [1.54, 1.807) is 0 Å². The third-order valence-corrected chi connectivity index (χ3v) is 4.13. The van der Waals surface area contributed by atoms with Gasteiger partial charge in [-0.3, -0.25) is 0 Å². The van der Waals surface area contributed by atoms with Gasteiger partial charge in [-0.15, -0.1) is 0 Å². The van der Waals surface area contributed by atoms with Crippen LogP contribution in [0.15, 0.2) is 0 Å². The topological polar surface area (TPSA) is 49.6 Å². The molecule has 1 heterocycles. The average molecular weight is 239 g/mol. The zero-order valence-electron chi connectivity index (χ0n) is 11.1. The van der Waals surface area contributed by atoms with Crippen LogP contribution in [-0.2, 0) is 0 Å². The summed E-state index contributed by atoms with van der Waals surface area (Å²) in [6.07, 6.45) is 4.85. The number of hydrogen-bond acceptors (Lipinski definition) is 2. The zero-order valence-corrected chi connectivity index (χ0v) is 11.1. The van der Waals surface area contributed by atoms with E-state index < -0.39 is 0 Å². The molecular weight excluding hydrogens is 214 g/mol. The Bertz CT molecular complexity index is 278. The lowest BCUT2D eigenvalue weighted by atomic mass is 10.0. The number of carbonyl (C=O) groups is 1.